The molecular weight excluding hydrogens is 142 g/mol. The van der Waals surface area contributed by atoms with E-state index in [1.54, 1.807) is 0 Å². The number of aliphatic hydroxyl groups excluding tert-OH is 2. The lowest BCUT2D eigenvalue weighted by molar-refractivity contribution is 0.138. The zero-order chi connectivity index (χ0) is 8.53. The fourth-order valence-corrected chi connectivity index (χ4v) is 0.996. The molecule has 0 aromatic carbocycles. The van der Waals surface area contributed by atoms with Crippen LogP contribution in [-0.2, 0) is 0 Å². The second kappa shape index (κ2) is 7.98. The first-order valence-electron chi connectivity index (χ1n) is 4.30. The average molecular weight is 161 g/mol. The minimum absolute atomic E-state index is 0.175. The van der Waals surface area contributed by atoms with E-state index in [-0.39, 0.29) is 12.7 Å². The van der Waals surface area contributed by atoms with Crippen LogP contribution in [0.15, 0.2) is 0 Å². The quantitative estimate of drug-likeness (QED) is 0.469. The lowest BCUT2D eigenvalue weighted by Crippen LogP contribution is -2.08. The van der Waals surface area contributed by atoms with Crippen LogP contribution in [0.3, 0.4) is 0 Å². The van der Waals surface area contributed by atoms with Crippen molar-refractivity contribution in [1.29, 1.82) is 0 Å². The van der Waals surface area contributed by atoms with Gasteiger partial charge < -0.3 is 15.9 Å². The van der Waals surface area contributed by atoms with Crippen molar-refractivity contribution in [1.82, 2.24) is 0 Å². The number of hydrogen-bond acceptors (Lipinski definition) is 3. The van der Waals surface area contributed by atoms with E-state index in [0.717, 1.165) is 19.3 Å². The molecule has 1 unspecified atom stereocenters. The van der Waals surface area contributed by atoms with Gasteiger partial charge in [-0.15, -0.1) is 0 Å². The fourth-order valence-electron chi connectivity index (χ4n) is 0.996. The largest absolute Gasteiger partial charge is 0.396 e. The minimum atomic E-state index is -0.242. The number of unbranched alkanes of at least 4 members (excludes halogenated alkanes) is 1. The molecule has 0 aromatic rings. The van der Waals surface area contributed by atoms with Gasteiger partial charge in [-0.3, -0.25) is 0 Å². The highest BCUT2D eigenvalue weighted by Crippen LogP contribution is 2.05. The van der Waals surface area contributed by atoms with Crippen molar-refractivity contribution in [2.24, 2.45) is 5.73 Å². The summed E-state index contributed by atoms with van der Waals surface area (Å²) in [6.45, 7) is 0.876. The van der Waals surface area contributed by atoms with Gasteiger partial charge in [-0.1, -0.05) is 0 Å². The summed E-state index contributed by atoms with van der Waals surface area (Å²) in [7, 11) is 0. The average Bonchev–Trinajstić information content (AvgIpc) is 2.01. The van der Waals surface area contributed by atoms with Crippen LogP contribution >= 0.6 is 0 Å². The highest BCUT2D eigenvalue weighted by molar-refractivity contribution is 4.55. The van der Waals surface area contributed by atoms with Crippen LogP contribution in [0.2, 0.25) is 0 Å². The summed E-state index contributed by atoms with van der Waals surface area (Å²) in [5, 5.41) is 17.7. The third kappa shape index (κ3) is 7.78. The molecule has 4 N–H and O–H groups in total. The summed E-state index contributed by atoms with van der Waals surface area (Å²) in [6, 6.07) is 0. The molecule has 0 rings (SSSR count). The Labute approximate surface area is 68.2 Å². The summed E-state index contributed by atoms with van der Waals surface area (Å²) in [5.74, 6) is 0. The van der Waals surface area contributed by atoms with Gasteiger partial charge in [0.2, 0.25) is 0 Å². The number of rotatable bonds is 7. The van der Waals surface area contributed by atoms with Gasteiger partial charge in [0.25, 0.3) is 0 Å². The molecule has 0 aromatic heterocycles. The topological polar surface area (TPSA) is 66.5 Å². The van der Waals surface area contributed by atoms with E-state index in [4.69, 9.17) is 10.8 Å². The number of hydrogen-bond donors (Lipinski definition) is 3. The second-order valence-electron chi connectivity index (χ2n) is 2.80. The molecule has 0 saturated carbocycles. The Bertz CT molecular complexity index is 78.5. The van der Waals surface area contributed by atoms with Gasteiger partial charge in [-0.05, 0) is 38.6 Å². The van der Waals surface area contributed by atoms with Crippen LogP contribution < -0.4 is 5.73 Å². The van der Waals surface area contributed by atoms with Crippen LogP contribution in [0.4, 0.5) is 0 Å². The van der Waals surface area contributed by atoms with Crippen LogP contribution in [0.25, 0.3) is 0 Å². The van der Waals surface area contributed by atoms with Gasteiger partial charge in [0.15, 0.2) is 0 Å². The zero-order valence-corrected chi connectivity index (χ0v) is 7.00. The first-order chi connectivity index (χ1) is 5.31. The van der Waals surface area contributed by atoms with Crippen molar-refractivity contribution in [3.8, 4) is 0 Å². The first-order valence-corrected chi connectivity index (χ1v) is 4.30. The lowest BCUT2D eigenvalue weighted by atomic mass is 10.1. The van der Waals surface area contributed by atoms with Crippen molar-refractivity contribution < 1.29 is 10.2 Å². The minimum Gasteiger partial charge on any atom is -0.396 e. The second-order valence-corrected chi connectivity index (χ2v) is 2.80. The highest BCUT2D eigenvalue weighted by Gasteiger charge is 2.01. The molecule has 0 aliphatic carbocycles. The molecule has 0 spiro atoms. The third-order valence-corrected chi connectivity index (χ3v) is 1.69. The Morgan fingerprint density at radius 2 is 1.73 bits per heavy atom. The molecule has 3 nitrogen and oxygen atoms in total. The predicted octanol–water partition coefficient (Wildman–Crippen LogP) is 0.249. The van der Waals surface area contributed by atoms with Gasteiger partial charge in [0.05, 0.1) is 6.10 Å². The monoisotopic (exact) mass is 161 g/mol. The van der Waals surface area contributed by atoms with E-state index in [9.17, 15) is 5.11 Å². The van der Waals surface area contributed by atoms with E-state index in [0.29, 0.717) is 19.4 Å². The van der Waals surface area contributed by atoms with Gasteiger partial charge in [-0.2, -0.15) is 0 Å². The van der Waals surface area contributed by atoms with Crippen LogP contribution in [0.5, 0.6) is 0 Å². The van der Waals surface area contributed by atoms with Gasteiger partial charge in [0, 0.05) is 6.61 Å². The molecular formula is C8H19NO2. The SMILES string of the molecule is NCCCCC(O)CCCO. The maximum Gasteiger partial charge on any atom is 0.0541 e. The van der Waals surface area contributed by atoms with Crippen molar-refractivity contribution in [2.45, 2.75) is 38.2 Å². The smallest absolute Gasteiger partial charge is 0.0541 e. The number of aliphatic hydroxyl groups is 2. The van der Waals surface area contributed by atoms with E-state index in [2.05, 4.69) is 0 Å². The Kier molecular flexibility index (Phi) is 7.89. The van der Waals surface area contributed by atoms with Gasteiger partial charge in [-0.25, -0.2) is 0 Å². The van der Waals surface area contributed by atoms with Gasteiger partial charge in [0.1, 0.15) is 0 Å². The predicted molar refractivity (Wildman–Crippen MR) is 45.2 cm³/mol. The fraction of sp³-hybridized carbons (Fsp3) is 1.00. The summed E-state index contributed by atoms with van der Waals surface area (Å²) in [4.78, 5) is 0. The molecule has 0 radical (unpaired) electrons. The van der Waals surface area contributed by atoms with Crippen LogP contribution in [-0.4, -0.2) is 29.5 Å². The summed E-state index contributed by atoms with van der Waals surface area (Å²) in [6.07, 6.45) is 3.95. The molecule has 0 amide bonds. The van der Waals surface area contributed by atoms with Crippen LogP contribution in [0.1, 0.15) is 32.1 Å². The Morgan fingerprint density at radius 3 is 2.27 bits per heavy atom. The molecule has 11 heavy (non-hydrogen) atoms. The lowest BCUT2D eigenvalue weighted by Gasteiger charge is -2.07. The summed E-state index contributed by atoms with van der Waals surface area (Å²) >= 11 is 0. The highest BCUT2D eigenvalue weighted by atomic mass is 16.3. The van der Waals surface area contributed by atoms with E-state index in [1.165, 1.54) is 0 Å². The molecule has 0 heterocycles. The van der Waals surface area contributed by atoms with Crippen molar-refractivity contribution in [3.63, 3.8) is 0 Å². The van der Waals surface area contributed by atoms with Crippen LogP contribution in [0, 0.1) is 0 Å². The normalized spacial score (nSPS) is 13.4. The van der Waals surface area contributed by atoms with Gasteiger partial charge >= 0.3 is 0 Å². The van der Waals surface area contributed by atoms with E-state index >= 15 is 0 Å². The molecule has 68 valence electrons. The molecule has 0 aliphatic rings. The zero-order valence-electron chi connectivity index (χ0n) is 7.00. The molecule has 3 heteroatoms. The maximum atomic E-state index is 9.25. The van der Waals surface area contributed by atoms with Crippen molar-refractivity contribution in [3.05, 3.63) is 0 Å². The standard InChI is InChI=1S/C8H19NO2/c9-6-2-1-4-8(11)5-3-7-10/h8,10-11H,1-7,9H2. The maximum absolute atomic E-state index is 9.25. The number of nitrogens with two attached hydrogens (primary N) is 1. The molecule has 0 aliphatic heterocycles. The first kappa shape index (κ1) is 10.9. The van der Waals surface area contributed by atoms with Crippen molar-refractivity contribution >= 4 is 0 Å². The Morgan fingerprint density at radius 1 is 1.09 bits per heavy atom. The molecule has 1 atom stereocenters. The molecule has 0 bridgehead atoms. The molecule has 0 saturated heterocycles. The Balaban J connectivity index is 3.02. The third-order valence-electron chi connectivity index (χ3n) is 1.69. The van der Waals surface area contributed by atoms with E-state index < -0.39 is 0 Å². The molecule has 0 fully saturated rings. The summed E-state index contributed by atoms with van der Waals surface area (Å²) in [5.41, 5.74) is 5.29. The van der Waals surface area contributed by atoms with E-state index in [1.807, 2.05) is 0 Å². The Hall–Kier alpha value is -0.120. The van der Waals surface area contributed by atoms with Crippen molar-refractivity contribution in [2.75, 3.05) is 13.2 Å². The summed E-state index contributed by atoms with van der Waals surface area (Å²) < 4.78 is 0.